The molecule has 6 heteroatoms. The highest BCUT2D eigenvalue weighted by molar-refractivity contribution is 9.10. The lowest BCUT2D eigenvalue weighted by molar-refractivity contribution is 0.346. The van der Waals surface area contributed by atoms with Crippen LogP contribution in [0, 0.1) is 0 Å². The molecule has 22 heavy (non-hydrogen) atoms. The number of benzene rings is 1. The number of thiazole rings is 1. The number of fused-ring (bicyclic) bond motifs is 1. The Morgan fingerprint density at radius 3 is 2.95 bits per heavy atom. The second kappa shape index (κ2) is 6.73. The van der Waals surface area contributed by atoms with Gasteiger partial charge in [0, 0.05) is 17.2 Å². The molecule has 1 aromatic carbocycles. The minimum atomic E-state index is 0.833. The summed E-state index contributed by atoms with van der Waals surface area (Å²) in [6.07, 6.45) is 1.84. The van der Waals surface area contributed by atoms with Crippen molar-refractivity contribution in [2.45, 2.75) is 13.5 Å². The van der Waals surface area contributed by atoms with E-state index in [0.29, 0.717) is 0 Å². The van der Waals surface area contributed by atoms with Crippen LogP contribution in [0.25, 0.3) is 10.2 Å². The predicted molar refractivity (Wildman–Crippen MR) is 96.8 cm³/mol. The molecule has 0 radical (unpaired) electrons. The van der Waals surface area contributed by atoms with E-state index in [-0.39, 0.29) is 0 Å². The zero-order valence-corrected chi connectivity index (χ0v) is 14.9. The van der Waals surface area contributed by atoms with E-state index in [1.807, 2.05) is 24.4 Å². The van der Waals surface area contributed by atoms with E-state index in [1.54, 1.807) is 11.3 Å². The molecule has 3 aromatic rings. The molecule has 4 nitrogen and oxygen atoms in total. The van der Waals surface area contributed by atoms with Crippen molar-refractivity contribution in [1.82, 2.24) is 14.9 Å². The summed E-state index contributed by atoms with van der Waals surface area (Å²) in [6, 6.07) is 10.2. The Kier molecular flexibility index (Phi) is 4.71. The number of pyridine rings is 1. The van der Waals surface area contributed by atoms with Crippen molar-refractivity contribution in [3.8, 4) is 0 Å². The van der Waals surface area contributed by atoms with Crippen molar-refractivity contribution in [3.05, 3.63) is 46.6 Å². The lowest BCUT2D eigenvalue weighted by Gasteiger charge is -2.14. The molecule has 0 saturated carbocycles. The first-order valence-corrected chi connectivity index (χ1v) is 8.71. The molecule has 0 fully saturated rings. The van der Waals surface area contributed by atoms with Gasteiger partial charge in [-0.1, -0.05) is 34.2 Å². The van der Waals surface area contributed by atoms with Crippen LogP contribution in [0.2, 0.25) is 0 Å². The molecule has 0 saturated heterocycles. The summed E-state index contributed by atoms with van der Waals surface area (Å²) in [5.41, 5.74) is 2.24. The van der Waals surface area contributed by atoms with Gasteiger partial charge in [0.15, 0.2) is 5.13 Å². The van der Waals surface area contributed by atoms with Gasteiger partial charge in [-0.3, -0.25) is 0 Å². The number of rotatable bonds is 5. The fourth-order valence-electron chi connectivity index (χ4n) is 2.13. The average Bonchev–Trinajstić information content (AvgIpc) is 2.88. The Morgan fingerprint density at radius 2 is 2.14 bits per heavy atom. The molecule has 0 aliphatic carbocycles. The molecule has 1 N–H and O–H groups in total. The molecule has 3 rings (SSSR count). The highest BCUT2D eigenvalue weighted by Gasteiger charge is 2.06. The Morgan fingerprint density at radius 1 is 1.27 bits per heavy atom. The summed E-state index contributed by atoms with van der Waals surface area (Å²) in [4.78, 5) is 11.2. The first-order chi connectivity index (χ1) is 10.6. The molecule has 114 valence electrons. The molecular formula is C16H17BrN4S. The molecule has 2 heterocycles. The van der Waals surface area contributed by atoms with E-state index in [4.69, 9.17) is 0 Å². The number of hydrogen-bond donors (Lipinski definition) is 1. The maximum absolute atomic E-state index is 4.59. The van der Waals surface area contributed by atoms with Crippen LogP contribution >= 0.6 is 27.3 Å². The molecular weight excluding hydrogens is 360 g/mol. The highest BCUT2D eigenvalue weighted by Crippen LogP contribution is 2.30. The van der Waals surface area contributed by atoms with Gasteiger partial charge in [0.1, 0.15) is 5.82 Å². The summed E-state index contributed by atoms with van der Waals surface area (Å²) in [5.74, 6) is 0.833. The van der Waals surface area contributed by atoms with Crippen molar-refractivity contribution in [2.75, 3.05) is 18.9 Å². The first-order valence-electron chi connectivity index (χ1n) is 7.10. The third kappa shape index (κ3) is 3.63. The van der Waals surface area contributed by atoms with Crippen LogP contribution in [-0.2, 0) is 6.54 Å². The van der Waals surface area contributed by atoms with Gasteiger partial charge in [-0.25, -0.2) is 9.97 Å². The lowest BCUT2D eigenvalue weighted by atomic mass is 10.2. The maximum atomic E-state index is 4.59. The normalized spacial score (nSPS) is 11.3. The van der Waals surface area contributed by atoms with Crippen molar-refractivity contribution in [1.29, 1.82) is 0 Å². The van der Waals surface area contributed by atoms with E-state index in [9.17, 15) is 0 Å². The zero-order valence-electron chi connectivity index (χ0n) is 12.5. The van der Waals surface area contributed by atoms with Crippen LogP contribution in [0.5, 0.6) is 0 Å². The molecule has 0 spiro atoms. The van der Waals surface area contributed by atoms with Crippen LogP contribution in [0.15, 0.2) is 41.0 Å². The predicted octanol–water partition coefficient (Wildman–Crippen LogP) is 4.65. The molecule has 0 atom stereocenters. The average molecular weight is 377 g/mol. The van der Waals surface area contributed by atoms with Gasteiger partial charge in [0.25, 0.3) is 0 Å². The molecule has 0 aliphatic heterocycles. The quantitative estimate of drug-likeness (QED) is 0.703. The minimum Gasteiger partial charge on any atom is -0.316 e. The third-order valence-electron chi connectivity index (χ3n) is 3.40. The topological polar surface area (TPSA) is 41.1 Å². The number of nitrogens with zero attached hydrogens (tertiary/aromatic N) is 3. The number of hydrogen-bond acceptors (Lipinski definition) is 5. The minimum absolute atomic E-state index is 0.833. The van der Waals surface area contributed by atoms with Crippen molar-refractivity contribution < 1.29 is 0 Å². The fourth-order valence-corrected chi connectivity index (χ4v) is 3.55. The standard InChI is InChI=1S/C16H17BrN4S/c1-3-21(2)10-11-6-7-18-15(8-11)20-16-19-13-5-4-12(17)9-14(13)22-16/h4-9H,3,10H2,1-2H3,(H,18,19,20). The number of nitrogens with one attached hydrogen (secondary N) is 1. The summed E-state index contributed by atoms with van der Waals surface area (Å²) in [6.45, 7) is 4.10. The lowest BCUT2D eigenvalue weighted by Crippen LogP contribution is -2.16. The monoisotopic (exact) mass is 376 g/mol. The van der Waals surface area contributed by atoms with E-state index < -0.39 is 0 Å². The van der Waals surface area contributed by atoms with Crippen molar-refractivity contribution in [2.24, 2.45) is 0 Å². The van der Waals surface area contributed by atoms with Gasteiger partial charge in [-0.2, -0.15) is 0 Å². The van der Waals surface area contributed by atoms with Gasteiger partial charge in [-0.05, 0) is 49.5 Å². The van der Waals surface area contributed by atoms with Crippen LogP contribution in [-0.4, -0.2) is 28.5 Å². The van der Waals surface area contributed by atoms with Gasteiger partial charge < -0.3 is 10.2 Å². The SMILES string of the molecule is CCN(C)Cc1ccnc(Nc2nc3ccc(Br)cc3s2)c1. The summed E-state index contributed by atoms with van der Waals surface area (Å²) < 4.78 is 2.22. The van der Waals surface area contributed by atoms with E-state index in [1.165, 1.54) is 5.56 Å². The number of halogens is 1. The van der Waals surface area contributed by atoms with Gasteiger partial charge >= 0.3 is 0 Å². The second-order valence-corrected chi connectivity index (χ2v) is 7.08. The molecule has 0 aliphatic rings. The Bertz CT molecular complexity index is 787. The van der Waals surface area contributed by atoms with Crippen LogP contribution < -0.4 is 5.32 Å². The highest BCUT2D eigenvalue weighted by atomic mass is 79.9. The number of aromatic nitrogens is 2. The number of anilines is 2. The van der Waals surface area contributed by atoms with Crippen LogP contribution in [0.1, 0.15) is 12.5 Å². The molecule has 0 unspecified atom stereocenters. The largest absolute Gasteiger partial charge is 0.316 e. The molecule has 0 bridgehead atoms. The van der Waals surface area contributed by atoms with Gasteiger partial charge in [0.2, 0.25) is 0 Å². The van der Waals surface area contributed by atoms with E-state index in [2.05, 4.69) is 62.2 Å². The van der Waals surface area contributed by atoms with Crippen LogP contribution in [0.3, 0.4) is 0 Å². The van der Waals surface area contributed by atoms with E-state index in [0.717, 1.165) is 38.7 Å². The summed E-state index contributed by atoms with van der Waals surface area (Å²) in [5, 5.41) is 4.17. The Balaban J connectivity index is 1.80. The Hall–Kier alpha value is -1.50. The Labute approximate surface area is 142 Å². The zero-order chi connectivity index (χ0) is 15.5. The van der Waals surface area contributed by atoms with Crippen LogP contribution in [0.4, 0.5) is 10.9 Å². The van der Waals surface area contributed by atoms with Crippen molar-refractivity contribution >= 4 is 48.4 Å². The van der Waals surface area contributed by atoms with Gasteiger partial charge in [-0.15, -0.1) is 0 Å². The fraction of sp³-hybridized carbons (Fsp3) is 0.250. The first kappa shape index (κ1) is 15.4. The molecule has 2 aromatic heterocycles. The van der Waals surface area contributed by atoms with Crippen molar-refractivity contribution in [3.63, 3.8) is 0 Å². The molecule has 0 amide bonds. The second-order valence-electron chi connectivity index (χ2n) is 5.14. The summed E-state index contributed by atoms with van der Waals surface area (Å²) in [7, 11) is 2.11. The van der Waals surface area contributed by atoms with Gasteiger partial charge in [0.05, 0.1) is 10.2 Å². The summed E-state index contributed by atoms with van der Waals surface area (Å²) >= 11 is 5.12. The maximum Gasteiger partial charge on any atom is 0.189 e. The smallest absolute Gasteiger partial charge is 0.189 e. The van der Waals surface area contributed by atoms with E-state index >= 15 is 0 Å². The third-order valence-corrected chi connectivity index (χ3v) is 4.83.